The predicted molar refractivity (Wildman–Crippen MR) is 101 cm³/mol. The molecule has 1 aromatic carbocycles. The summed E-state index contributed by atoms with van der Waals surface area (Å²) in [6.07, 6.45) is 1.74. The van der Waals surface area contributed by atoms with Gasteiger partial charge in [-0.3, -0.25) is 19.2 Å². The molecule has 0 radical (unpaired) electrons. The number of carbonyl (C=O) groups excluding carboxylic acids is 2. The van der Waals surface area contributed by atoms with E-state index in [-0.39, 0.29) is 5.91 Å². The molecule has 26 heavy (non-hydrogen) atoms. The van der Waals surface area contributed by atoms with E-state index in [1.54, 1.807) is 43.0 Å². The molecular weight excluding hydrogens is 328 g/mol. The molecule has 1 N–H and O–H groups in total. The van der Waals surface area contributed by atoms with E-state index in [0.29, 0.717) is 11.4 Å². The van der Waals surface area contributed by atoms with Crippen molar-refractivity contribution >= 4 is 17.5 Å². The molecule has 1 unspecified atom stereocenters. The van der Waals surface area contributed by atoms with Crippen LogP contribution in [0.3, 0.4) is 0 Å². The van der Waals surface area contributed by atoms with Crippen molar-refractivity contribution in [2.24, 2.45) is 7.05 Å². The summed E-state index contributed by atoms with van der Waals surface area (Å²) in [5.41, 5.74) is 0.607. The van der Waals surface area contributed by atoms with Gasteiger partial charge in [0.05, 0.1) is 5.69 Å². The van der Waals surface area contributed by atoms with E-state index in [2.05, 4.69) is 22.3 Å². The summed E-state index contributed by atoms with van der Waals surface area (Å²) in [6, 6.07) is 9.83. The summed E-state index contributed by atoms with van der Waals surface area (Å²) in [4.78, 5) is 27.3. The number of rotatable bonds is 4. The van der Waals surface area contributed by atoms with Crippen LogP contribution in [-0.4, -0.2) is 27.1 Å². The van der Waals surface area contributed by atoms with Gasteiger partial charge < -0.3 is 5.32 Å². The highest BCUT2D eigenvalue weighted by atomic mass is 16.2. The van der Waals surface area contributed by atoms with E-state index >= 15 is 0 Å². The lowest BCUT2D eigenvalue weighted by Crippen LogP contribution is -2.49. The van der Waals surface area contributed by atoms with Crippen LogP contribution in [0.5, 0.6) is 0 Å². The molecule has 1 atom stereocenters. The van der Waals surface area contributed by atoms with E-state index in [4.69, 9.17) is 0 Å². The van der Waals surface area contributed by atoms with E-state index in [9.17, 15) is 9.59 Å². The number of carbonyl (C=O) groups is 2. The van der Waals surface area contributed by atoms with Gasteiger partial charge in [0.1, 0.15) is 0 Å². The minimum Gasteiger partial charge on any atom is -0.349 e. The van der Waals surface area contributed by atoms with Crippen molar-refractivity contribution in [3.63, 3.8) is 0 Å². The van der Waals surface area contributed by atoms with Crippen molar-refractivity contribution in [3.05, 3.63) is 48.3 Å². The number of benzene rings is 1. The molecule has 0 saturated carbocycles. The second kappa shape index (κ2) is 7.87. The molecule has 6 nitrogen and oxygen atoms in total. The molecule has 2 rings (SSSR count). The van der Waals surface area contributed by atoms with Crippen molar-refractivity contribution in [3.8, 4) is 11.8 Å². The van der Waals surface area contributed by atoms with Crippen molar-refractivity contribution in [2.75, 3.05) is 4.90 Å². The minimum absolute atomic E-state index is 0.314. The van der Waals surface area contributed by atoms with Gasteiger partial charge in [-0.1, -0.05) is 24.1 Å². The molecule has 6 heteroatoms. The maximum absolute atomic E-state index is 13.1. The summed E-state index contributed by atoms with van der Waals surface area (Å²) < 4.78 is 1.60. The van der Waals surface area contributed by atoms with Gasteiger partial charge in [0, 0.05) is 24.5 Å². The molecule has 0 fully saturated rings. The Morgan fingerprint density at radius 2 is 1.85 bits per heavy atom. The average Bonchev–Trinajstić information content (AvgIpc) is 2.97. The van der Waals surface area contributed by atoms with Crippen LogP contribution < -0.4 is 10.2 Å². The SMILES string of the molecule is CC#CC(=O)N(c1ccccc1)C(C(=O)NC(C)(C)C)c1ccn(C)n1. The second-order valence-electron chi connectivity index (χ2n) is 6.94. The van der Waals surface area contributed by atoms with Gasteiger partial charge >= 0.3 is 5.91 Å². The number of aromatic nitrogens is 2. The Morgan fingerprint density at radius 1 is 1.19 bits per heavy atom. The highest BCUT2D eigenvalue weighted by molar-refractivity contribution is 6.09. The highest BCUT2D eigenvalue weighted by Crippen LogP contribution is 2.27. The van der Waals surface area contributed by atoms with E-state index in [1.807, 2.05) is 39.0 Å². The first-order valence-corrected chi connectivity index (χ1v) is 8.35. The minimum atomic E-state index is -0.925. The fourth-order valence-corrected chi connectivity index (χ4v) is 2.54. The molecule has 0 aliphatic carbocycles. The van der Waals surface area contributed by atoms with Crippen molar-refractivity contribution < 1.29 is 9.59 Å². The van der Waals surface area contributed by atoms with Crippen LogP contribution in [0.25, 0.3) is 0 Å². The molecule has 0 bridgehead atoms. The Labute approximate surface area is 154 Å². The van der Waals surface area contributed by atoms with E-state index in [0.717, 1.165) is 0 Å². The summed E-state index contributed by atoms with van der Waals surface area (Å²) in [5.74, 6) is 4.39. The molecular formula is C20H24N4O2. The zero-order chi connectivity index (χ0) is 19.3. The monoisotopic (exact) mass is 352 g/mol. The quantitative estimate of drug-likeness (QED) is 0.860. The van der Waals surface area contributed by atoms with Crippen LogP contribution in [0.15, 0.2) is 42.6 Å². The van der Waals surface area contributed by atoms with Gasteiger partial charge in [-0.25, -0.2) is 0 Å². The van der Waals surface area contributed by atoms with Crippen molar-refractivity contribution in [1.29, 1.82) is 0 Å². The Hall–Kier alpha value is -3.07. The predicted octanol–water partition coefficient (Wildman–Crippen LogP) is 2.43. The largest absolute Gasteiger partial charge is 0.349 e. The maximum Gasteiger partial charge on any atom is 0.303 e. The Morgan fingerprint density at radius 3 is 2.35 bits per heavy atom. The van der Waals surface area contributed by atoms with Crippen molar-refractivity contribution in [1.82, 2.24) is 15.1 Å². The van der Waals surface area contributed by atoms with Gasteiger partial charge in [0.2, 0.25) is 5.91 Å². The molecule has 1 heterocycles. The summed E-state index contributed by atoms with van der Waals surface area (Å²) in [6.45, 7) is 7.26. The van der Waals surface area contributed by atoms with Gasteiger partial charge in [-0.05, 0) is 51.8 Å². The third kappa shape index (κ3) is 4.73. The normalized spacial score (nSPS) is 11.9. The zero-order valence-corrected chi connectivity index (χ0v) is 15.8. The van der Waals surface area contributed by atoms with Gasteiger partial charge in [0.25, 0.3) is 0 Å². The first-order valence-electron chi connectivity index (χ1n) is 8.35. The zero-order valence-electron chi connectivity index (χ0n) is 15.8. The first-order chi connectivity index (χ1) is 12.2. The average molecular weight is 352 g/mol. The molecule has 136 valence electrons. The number of nitrogens with one attached hydrogen (secondary N) is 1. The Bertz CT molecular complexity index is 838. The second-order valence-corrected chi connectivity index (χ2v) is 6.94. The fraction of sp³-hybridized carbons (Fsp3) is 0.350. The Kier molecular flexibility index (Phi) is 5.83. The number of amides is 2. The first kappa shape index (κ1) is 19.3. The number of hydrogen-bond donors (Lipinski definition) is 1. The molecule has 0 spiro atoms. The summed E-state index contributed by atoms with van der Waals surface area (Å²) in [5, 5.41) is 7.31. The van der Waals surface area contributed by atoms with Crippen LogP contribution in [0.1, 0.15) is 39.4 Å². The Balaban J connectivity index is 2.59. The number of anilines is 1. The molecule has 0 saturated heterocycles. The third-order valence-electron chi connectivity index (χ3n) is 3.50. The standard InChI is InChI=1S/C20H24N4O2/c1-6-10-17(25)24(15-11-8-7-9-12-15)18(16-13-14-23(5)22-16)19(26)21-20(2,3)4/h7-9,11-14,18H,1-5H3,(H,21,26). The highest BCUT2D eigenvalue weighted by Gasteiger charge is 2.35. The van der Waals surface area contributed by atoms with Crippen LogP contribution in [0.2, 0.25) is 0 Å². The van der Waals surface area contributed by atoms with Gasteiger partial charge in [-0.15, -0.1) is 0 Å². The summed E-state index contributed by atoms with van der Waals surface area (Å²) in [7, 11) is 1.77. The van der Waals surface area contributed by atoms with Gasteiger partial charge in [-0.2, -0.15) is 5.10 Å². The van der Waals surface area contributed by atoms with Gasteiger partial charge in [0.15, 0.2) is 6.04 Å². The fourth-order valence-electron chi connectivity index (χ4n) is 2.54. The van der Waals surface area contributed by atoms with Crippen LogP contribution >= 0.6 is 0 Å². The number of para-hydroxylation sites is 1. The smallest absolute Gasteiger partial charge is 0.303 e. The van der Waals surface area contributed by atoms with Crippen molar-refractivity contribution in [2.45, 2.75) is 39.3 Å². The van der Waals surface area contributed by atoms with Crippen LogP contribution in [0.4, 0.5) is 5.69 Å². The maximum atomic E-state index is 13.1. The molecule has 0 aliphatic rings. The molecule has 2 amide bonds. The number of nitrogens with zero attached hydrogens (tertiary/aromatic N) is 3. The summed E-state index contributed by atoms with van der Waals surface area (Å²) >= 11 is 0. The van der Waals surface area contributed by atoms with E-state index < -0.39 is 17.5 Å². The molecule has 2 aromatic rings. The lowest BCUT2D eigenvalue weighted by Gasteiger charge is -2.31. The van der Waals surface area contributed by atoms with E-state index in [1.165, 1.54) is 4.90 Å². The van der Waals surface area contributed by atoms with Crippen LogP contribution in [0, 0.1) is 11.8 Å². The number of aryl methyl sites for hydroxylation is 1. The lowest BCUT2D eigenvalue weighted by atomic mass is 10.1. The molecule has 0 aliphatic heterocycles. The molecule has 1 aromatic heterocycles. The lowest BCUT2D eigenvalue weighted by molar-refractivity contribution is -0.126. The van der Waals surface area contributed by atoms with Crippen LogP contribution in [-0.2, 0) is 16.6 Å². The number of hydrogen-bond acceptors (Lipinski definition) is 3. The third-order valence-corrected chi connectivity index (χ3v) is 3.50. The topological polar surface area (TPSA) is 67.2 Å².